The Bertz CT molecular complexity index is 382. The Hall–Kier alpha value is -1.43. The van der Waals surface area contributed by atoms with Gasteiger partial charge in [0.1, 0.15) is 6.10 Å². The molecule has 0 heterocycles. The van der Waals surface area contributed by atoms with Gasteiger partial charge < -0.3 is 21.3 Å². The number of rotatable bonds is 6. The fourth-order valence-electron chi connectivity index (χ4n) is 1.70. The Kier molecular flexibility index (Phi) is 5.09. The number of aliphatic hydroxyl groups is 2. The van der Waals surface area contributed by atoms with Gasteiger partial charge in [0.25, 0.3) is 0 Å². The molecular formula is C12H18N2O3. The highest BCUT2D eigenvalue weighted by molar-refractivity contribution is 5.74. The third-order valence-electron chi connectivity index (χ3n) is 2.52. The SMILES string of the molecule is CNCc1ccccc1C(O)C(O)CC(N)=O. The van der Waals surface area contributed by atoms with E-state index in [4.69, 9.17) is 5.73 Å². The van der Waals surface area contributed by atoms with Gasteiger partial charge >= 0.3 is 0 Å². The first-order valence-electron chi connectivity index (χ1n) is 5.43. The molecule has 0 saturated heterocycles. The fourth-order valence-corrected chi connectivity index (χ4v) is 1.70. The van der Waals surface area contributed by atoms with Crippen molar-refractivity contribution in [3.8, 4) is 0 Å². The van der Waals surface area contributed by atoms with E-state index in [2.05, 4.69) is 5.32 Å². The molecule has 1 aromatic carbocycles. The van der Waals surface area contributed by atoms with E-state index < -0.39 is 18.1 Å². The first-order chi connectivity index (χ1) is 8.06. The van der Waals surface area contributed by atoms with Gasteiger partial charge in [0.2, 0.25) is 5.91 Å². The van der Waals surface area contributed by atoms with E-state index in [1.807, 2.05) is 12.1 Å². The third-order valence-corrected chi connectivity index (χ3v) is 2.52. The van der Waals surface area contributed by atoms with Gasteiger partial charge in [-0.15, -0.1) is 0 Å². The fraction of sp³-hybridized carbons (Fsp3) is 0.417. The largest absolute Gasteiger partial charge is 0.390 e. The molecule has 17 heavy (non-hydrogen) atoms. The molecule has 0 bridgehead atoms. The Morgan fingerprint density at radius 3 is 2.65 bits per heavy atom. The van der Waals surface area contributed by atoms with Crippen molar-refractivity contribution in [2.75, 3.05) is 7.05 Å². The molecule has 5 heteroatoms. The normalized spacial score (nSPS) is 14.3. The Morgan fingerprint density at radius 1 is 1.41 bits per heavy atom. The quantitative estimate of drug-likeness (QED) is 0.546. The van der Waals surface area contributed by atoms with Crippen LogP contribution in [0.5, 0.6) is 0 Å². The lowest BCUT2D eigenvalue weighted by Gasteiger charge is -2.19. The number of hydrogen-bond donors (Lipinski definition) is 4. The summed E-state index contributed by atoms with van der Waals surface area (Å²) >= 11 is 0. The minimum atomic E-state index is -1.18. The monoisotopic (exact) mass is 238 g/mol. The molecule has 94 valence electrons. The number of primary amides is 1. The van der Waals surface area contributed by atoms with E-state index in [0.29, 0.717) is 12.1 Å². The van der Waals surface area contributed by atoms with E-state index in [0.717, 1.165) is 5.56 Å². The summed E-state index contributed by atoms with van der Waals surface area (Å²) in [7, 11) is 1.79. The van der Waals surface area contributed by atoms with E-state index in [-0.39, 0.29) is 6.42 Å². The van der Waals surface area contributed by atoms with Crippen LogP contribution in [0, 0.1) is 0 Å². The van der Waals surface area contributed by atoms with Gasteiger partial charge in [0.05, 0.1) is 12.5 Å². The number of benzene rings is 1. The molecule has 1 aromatic rings. The maximum absolute atomic E-state index is 10.7. The lowest BCUT2D eigenvalue weighted by molar-refractivity contribution is -0.121. The number of hydrogen-bond acceptors (Lipinski definition) is 4. The molecule has 0 fully saturated rings. The van der Waals surface area contributed by atoms with Crippen LogP contribution in [0.3, 0.4) is 0 Å². The van der Waals surface area contributed by atoms with Crippen molar-refractivity contribution in [3.05, 3.63) is 35.4 Å². The second-order valence-electron chi connectivity index (χ2n) is 3.91. The maximum Gasteiger partial charge on any atom is 0.220 e. The van der Waals surface area contributed by atoms with E-state index in [1.165, 1.54) is 0 Å². The van der Waals surface area contributed by atoms with Crippen molar-refractivity contribution in [2.24, 2.45) is 5.73 Å². The van der Waals surface area contributed by atoms with E-state index in [1.54, 1.807) is 19.2 Å². The standard InChI is InChI=1S/C12H18N2O3/c1-14-7-8-4-2-3-5-9(8)12(17)10(15)6-11(13)16/h2-5,10,12,14-15,17H,6-7H2,1H3,(H2,13,16). The predicted molar refractivity (Wildman–Crippen MR) is 64.0 cm³/mol. The minimum absolute atomic E-state index is 0.255. The summed E-state index contributed by atoms with van der Waals surface area (Å²) in [5.41, 5.74) is 6.47. The summed E-state index contributed by atoms with van der Waals surface area (Å²) < 4.78 is 0. The minimum Gasteiger partial charge on any atom is -0.390 e. The smallest absolute Gasteiger partial charge is 0.220 e. The van der Waals surface area contributed by atoms with Crippen LogP contribution in [0.15, 0.2) is 24.3 Å². The Morgan fingerprint density at radius 2 is 2.06 bits per heavy atom. The van der Waals surface area contributed by atoms with Crippen LogP contribution >= 0.6 is 0 Å². The van der Waals surface area contributed by atoms with Crippen LogP contribution in [-0.2, 0) is 11.3 Å². The number of amides is 1. The van der Waals surface area contributed by atoms with Crippen LogP contribution in [-0.4, -0.2) is 29.3 Å². The summed E-state index contributed by atoms with van der Waals surface area (Å²) in [5.74, 6) is -0.636. The van der Waals surface area contributed by atoms with Crippen LogP contribution in [0.4, 0.5) is 0 Å². The van der Waals surface area contributed by atoms with Crippen molar-refractivity contribution in [2.45, 2.75) is 25.2 Å². The molecule has 0 aliphatic rings. The number of nitrogens with two attached hydrogens (primary N) is 1. The first-order valence-corrected chi connectivity index (χ1v) is 5.43. The highest BCUT2D eigenvalue weighted by Crippen LogP contribution is 2.22. The lowest BCUT2D eigenvalue weighted by Crippen LogP contribution is -2.26. The molecule has 5 N–H and O–H groups in total. The van der Waals surface area contributed by atoms with Gasteiger partial charge in [0, 0.05) is 6.54 Å². The zero-order chi connectivity index (χ0) is 12.8. The van der Waals surface area contributed by atoms with Crippen LogP contribution in [0.2, 0.25) is 0 Å². The summed E-state index contributed by atoms with van der Waals surface area (Å²) in [6.07, 6.45) is -2.53. The molecule has 0 spiro atoms. The second kappa shape index (κ2) is 6.34. The Balaban J connectivity index is 2.86. The zero-order valence-electron chi connectivity index (χ0n) is 9.76. The van der Waals surface area contributed by atoms with Gasteiger partial charge in [-0.25, -0.2) is 0 Å². The molecule has 5 nitrogen and oxygen atoms in total. The zero-order valence-corrected chi connectivity index (χ0v) is 9.76. The molecule has 2 unspecified atom stereocenters. The average molecular weight is 238 g/mol. The van der Waals surface area contributed by atoms with Gasteiger partial charge in [-0.1, -0.05) is 24.3 Å². The number of aliphatic hydroxyl groups excluding tert-OH is 2. The topological polar surface area (TPSA) is 95.6 Å². The highest BCUT2D eigenvalue weighted by atomic mass is 16.3. The van der Waals surface area contributed by atoms with Crippen molar-refractivity contribution >= 4 is 5.91 Å². The molecule has 2 atom stereocenters. The van der Waals surface area contributed by atoms with Crippen LogP contribution in [0.25, 0.3) is 0 Å². The average Bonchev–Trinajstić information content (AvgIpc) is 2.28. The van der Waals surface area contributed by atoms with Crippen LogP contribution < -0.4 is 11.1 Å². The summed E-state index contributed by atoms with van der Waals surface area (Å²) in [6, 6.07) is 7.20. The van der Waals surface area contributed by atoms with E-state index in [9.17, 15) is 15.0 Å². The summed E-state index contributed by atoms with van der Waals surface area (Å²) in [5, 5.41) is 22.6. The molecule has 0 saturated carbocycles. The molecule has 0 aliphatic carbocycles. The molecular weight excluding hydrogens is 220 g/mol. The molecule has 0 aliphatic heterocycles. The first kappa shape index (κ1) is 13.6. The third kappa shape index (κ3) is 3.81. The summed E-state index contributed by atoms with van der Waals surface area (Å²) in [4.78, 5) is 10.7. The Labute approximate surface area is 100 Å². The second-order valence-corrected chi connectivity index (χ2v) is 3.91. The van der Waals surface area contributed by atoms with Crippen molar-refractivity contribution in [3.63, 3.8) is 0 Å². The van der Waals surface area contributed by atoms with Gasteiger partial charge in [-0.2, -0.15) is 0 Å². The molecule has 0 aromatic heterocycles. The number of carbonyl (C=O) groups is 1. The van der Waals surface area contributed by atoms with Gasteiger partial charge in [-0.3, -0.25) is 4.79 Å². The van der Waals surface area contributed by atoms with Crippen molar-refractivity contribution in [1.82, 2.24) is 5.32 Å². The molecule has 1 rings (SSSR count). The molecule has 0 radical (unpaired) electrons. The van der Waals surface area contributed by atoms with E-state index >= 15 is 0 Å². The highest BCUT2D eigenvalue weighted by Gasteiger charge is 2.22. The summed E-state index contributed by atoms with van der Waals surface area (Å²) in [6.45, 7) is 0.580. The van der Waals surface area contributed by atoms with Crippen molar-refractivity contribution < 1.29 is 15.0 Å². The predicted octanol–water partition coefficient (Wildman–Crippen LogP) is -0.324. The van der Waals surface area contributed by atoms with Gasteiger partial charge in [0.15, 0.2) is 0 Å². The number of carbonyl (C=O) groups excluding carboxylic acids is 1. The van der Waals surface area contributed by atoms with Gasteiger partial charge in [-0.05, 0) is 18.2 Å². The maximum atomic E-state index is 10.7. The van der Waals surface area contributed by atoms with Crippen molar-refractivity contribution in [1.29, 1.82) is 0 Å². The molecule has 1 amide bonds. The lowest BCUT2D eigenvalue weighted by atomic mass is 9.97. The van der Waals surface area contributed by atoms with Crippen LogP contribution in [0.1, 0.15) is 23.7 Å². The number of nitrogens with one attached hydrogen (secondary N) is 1.